The number of ether oxygens (including phenoxy) is 5. The molecule has 0 aliphatic carbocycles. The van der Waals surface area contributed by atoms with Crippen molar-refractivity contribution in [1.82, 2.24) is 0 Å². The summed E-state index contributed by atoms with van der Waals surface area (Å²) in [5.74, 6) is -0.822. The first-order chi connectivity index (χ1) is 13.4. The summed E-state index contributed by atoms with van der Waals surface area (Å²) in [4.78, 5) is 24.4. The van der Waals surface area contributed by atoms with Gasteiger partial charge in [0.1, 0.15) is 5.56 Å². The van der Waals surface area contributed by atoms with Crippen LogP contribution in [0.3, 0.4) is 0 Å². The molecule has 0 radical (unpaired) electrons. The van der Waals surface area contributed by atoms with Crippen molar-refractivity contribution >= 4 is 17.6 Å². The molecular formula is C19H19NO8. The molecule has 0 saturated carbocycles. The fraction of sp³-hybridized carbons (Fsp3) is 0.263. The van der Waals surface area contributed by atoms with Gasteiger partial charge in [-0.1, -0.05) is 0 Å². The first-order valence-corrected chi connectivity index (χ1v) is 8.16. The lowest BCUT2D eigenvalue weighted by atomic mass is 10.0. The van der Waals surface area contributed by atoms with Crippen LogP contribution in [0.4, 0.5) is 5.69 Å². The Labute approximate surface area is 160 Å². The van der Waals surface area contributed by atoms with Gasteiger partial charge >= 0.3 is 11.9 Å². The molecular weight excluding hydrogens is 370 g/mol. The Balaban J connectivity index is 2.10. The third-order valence-electron chi connectivity index (χ3n) is 4.33. The molecule has 1 aliphatic heterocycles. The Morgan fingerprint density at radius 2 is 1.64 bits per heavy atom. The highest BCUT2D eigenvalue weighted by Gasteiger charge is 2.33. The van der Waals surface area contributed by atoms with Gasteiger partial charge in [0.25, 0.3) is 0 Å². The van der Waals surface area contributed by atoms with Gasteiger partial charge in [0.05, 0.1) is 39.7 Å². The average Bonchev–Trinajstić information content (AvgIpc) is 2.71. The largest absolute Gasteiger partial charge is 0.493 e. The topological polar surface area (TPSA) is 113 Å². The summed E-state index contributed by atoms with van der Waals surface area (Å²) in [5, 5.41) is 12.7. The van der Waals surface area contributed by atoms with Crippen molar-refractivity contribution in [3.8, 4) is 23.0 Å². The van der Waals surface area contributed by atoms with Gasteiger partial charge < -0.3 is 34.1 Å². The van der Waals surface area contributed by atoms with Gasteiger partial charge in [0.2, 0.25) is 6.23 Å². The van der Waals surface area contributed by atoms with E-state index in [9.17, 15) is 14.7 Å². The molecule has 1 unspecified atom stereocenters. The molecule has 1 aliphatic rings. The molecule has 0 fully saturated rings. The number of carbonyl (C=O) groups excluding carboxylic acids is 1. The number of aromatic carboxylic acids is 1. The number of esters is 1. The van der Waals surface area contributed by atoms with E-state index < -0.39 is 18.2 Å². The summed E-state index contributed by atoms with van der Waals surface area (Å²) in [7, 11) is 5.66. The normalized spacial score (nSPS) is 15.0. The smallest absolute Gasteiger partial charge is 0.342 e. The molecule has 9 nitrogen and oxygen atoms in total. The van der Waals surface area contributed by atoms with Crippen molar-refractivity contribution < 1.29 is 38.4 Å². The Morgan fingerprint density at radius 1 is 1.00 bits per heavy atom. The molecule has 0 amide bonds. The fourth-order valence-corrected chi connectivity index (χ4v) is 3.03. The van der Waals surface area contributed by atoms with Crippen LogP contribution < -0.4 is 24.3 Å². The van der Waals surface area contributed by atoms with Crippen LogP contribution in [0.1, 0.15) is 32.5 Å². The second-order valence-corrected chi connectivity index (χ2v) is 5.75. The van der Waals surface area contributed by atoms with E-state index in [1.807, 2.05) is 0 Å². The van der Waals surface area contributed by atoms with Gasteiger partial charge in [-0.2, -0.15) is 0 Å². The molecule has 28 heavy (non-hydrogen) atoms. The summed E-state index contributed by atoms with van der Waals surface area (Å²) < 4.78 is 26.3. The average molecular weight is 389 g/mol. The molecule has 2 aromatic carbocycles. The number of anilines is 1. The number of hydrogen-bond acceptors (Lipinski definition) is 8. The zero-order valence-electron chi connectivity index (χ0n) is 15.7. The molecule has 3 rings (SSSR count). The van der Waals surface area contributed by atoms with E-state index in [-0.39, 0.29) is 28.2 Å². The second kappa shape index (κ2) is 7.55. The highest BCUT2D eigenvalue weighted by Crippen LogP contribution is 2.42. The van der Waals surface area contributed by atoms with E-state index in [0.717, 1.165) is 0 Å². The van der Waals surface area contributed by atoms with E-state index in [0.29, 0.717) is 17.2 Å². The molecule has 1 heterocycles. The number of hydrogen-bond donors (Lipinski definition) is 2. The maximum Gasteiger partial charge on any atom is 0.342 e. The molecule has 2 N–H and O–H groups in total. The highest BCUT2D eigenvalue weighted by atomic mass is 16.6. The molecule has 2 aromatic rings. The van der Waals surface area contributed by atoms with Crippen molar-refractivity contribution in [2.75, 3.05) is 33.8 Å². The lowest BCUT2D eigenvalue weighted by Crippen LogP contribution is -2.27. The van der Waals surface area contributed by atoms with Gasteiger partial charge in [-0.05, 0) is 12.1 Å². The fourth-order valence-electron chi connectivity index (χ4n) is 3.03. The van der Waals surface area contributed by atoms with Crippen LogP contribution in [-0.2, 0) is 4.74 Å². The third kappa shape index (κ3) is 3.11. The zero-order valence-corrected chi connectivity index (χ0v) is 15.7. The number of carboxylic acids is 1. The van der Waals surface area contributed by atoms with Gasteiger partial charge in [0, 0.05) is 17.7 Å². The van der Waals surface area contributed by atoms with Crippen LogP contribution in [0.2, 0.25) is 0 Å². The summed E-state index contributed by atoms with van der Waals surface area (Å²) in [5.41, 5.74) is 0.700. The Morgan fingerprint density at radius 3 is 2.21 bits per heavy atom. The van der Waals surface area contributed by atoms with E-state index in [2.05, 4.69) is 5.32 Å². The third-order valence-corrected chi connectivity index (χ3v) is 4.33. The van der Waals surface area contributed by atoms with Gasteiger partial charge in [-0.15, -0.1) is 0 Å². The number of cyclic esters (lactones) is 1. The lowest BCUT2D eigenvalue weighted by Gasteiger charge is -2.29. The predicted octanol–water partition coefficient (Wildman–Crippen LogP) is 2.70. The van der Waals surface area contributed by atoms with Crippen LogP contribution >= 0.6 is 0 Å². The van der Waals surface area contributed by atoms with Crippen molar-refractivity contribution in [2.45, 2.75) is 6.23 Å². The van der Waals surface area contributed by atoms with E-state index in [4.69, 9.17) is 23.7 Å². The summed E-state index contributed by atoms with van der Waals surface area (Å²) >= 11 is 0. The van der Waals surface area contributed by atoms with Crippen molar-refractivity contribution in [1.29, 1.82) is 0 Å². The minimum Gasteiger partial charge on any atom is -0.493 e. The highest BCUT2D eigenvalue weighted by molar-refractivity contribution is 5.99. The molecule has 0 saturated heterocycles. The van der Waals surface area contributed by atoms with Crippen molar-refractivity contribution in [3.63, 3.8) is 0 Å². The van der Waals surface area contributed by atoms with Crippen LogP contribution in [0.15, 0.2) is 24.3 Å². The van der Waals surface area contributed by atoms with E-state index in [1.54, 1.807) is 12.1 Å². The van der Waals surface area contributed by atoms with Crippen molar-refractivity contribution in [3.05, 3.63) is 41.0 Å². The van der Waals surface area contributed by atoms with E-state index >= 15 is 0 Å². The second-order valence-electron chi connectivity index (χ2n) is 5.75. The molecule has 0 aromatic heterocycles. The molecule has 148 valence electrons. The Hall–Kier alpha value is -3.62. The molecule has 0 bridgehead atoms. The zero-order chi connectivity index (χ0) is 20.4. The lowest BCUT2D eigenvalue weighted by molar-refractivity contribution is 0.0322. The number of rotatable bonds is 6. The number of benzene rings is 2. The van der Waals surface area contributed by atoms with Crippen LogP contribution in [0, 0.1) is 0 Å². The number of carboxylic acid groups (broad SMARTS) is 1. The Bertz CT molecular complexity index is 940. The monoisotopic (exact) mass is 389 g/mol. The summed E-state index contributed by atoms with van der Waals surface area (Å²) in [6.45, 7) is 0. The maximum absolute atomic E-state index is 12.5. The first-order valence-electron chi connectivity index (χ1n) is 8.16. The SMILES string of the molecule is COc1cc2c(cc1OC)C(=O)OC(c1ccc(OC)c(OC)c1C(=O)O)N2. The molecule has 0 spiro atoms. The van der Waals surface area contributed by atoms with Gasteiger partial charge in [-0.25, -0.2) is 9.59 Å². The quantitative estimate of drug-likeness (QED) is 0.720. The van der Waals surface area contributed by atoms with Crippen molar-refractivity contribution in [2.24, 2.45) is 0 Å². The minimum absolute atomic E-state index is 0.0310. The Kier molecular flexibility index (Phi) is 5.16. The minimum atomic E-state index is -1.25. The number of fused-ring (bicyclic) bond motifs is 1. The number of carbonyl (C=O) groups is 2. The van der Waals surface area contributed by atoms with Gasteiger partial charge in [0.15, 0.2) is 23.0 Å². The molecule has 1 atom stereocenters. The van der Waals surface area contributed by atoms with Crippen LogP contribution in [0.25, 0.3) is 0 Å². The maximum atomic E-state index is 12.5. The van der Waals surface area contributed by atoms with E-state index in [1.165, 1.54) is 40.6 Å². The standard InChI is InChI=1S/C19H19NO8/c1-24-12-6-5-9(15(18(21)22)16(12)27-4)17-20-11-8-14(26-3)13(25-2)7-10(11)19(23)28-17/h5-8,17,20H,1-4H3,(H,21,22). The van der Waals surface area contributed by atoms with Crippen LogP contribution in [-0.4, -0.2) is 45.5 Å². The summed E-state index contributed by atoms with van der Waals surface area (Å²) in [6.07, 6.45) is -1.05. The summed E-state index contributed by atoms with van der Waals surface area (Å²) in [6, 6.07) is 6.12. The number of methoxy groups -OCH3 is 4. The predicted molar refractivity (Wildman–Crippen MR) is 97.8 cm³/mol. The van der Waals surface area contributed by atoms with Gasteiger partial charge in [-0.3, -0.25) is 0 Å². The van der Waals surface area contributed by atoms with Crippen LogP contribution in [0.5, 0.6) is 23.0 Å². The first kappa shape index (κ1) is 19.2. The molecule has 9 heteroatoms. The number of nitrogens with one attached hydrogen (secondary N) is 1.